The topological polar surface area (TPSA) is 228 Å². The van der Waals surface area contributed by atoms with Gasteiger partial charge in [-0.3, -0.25) is 4.79 Å². The zero-order valence-corrected chi connectivity index (χ0v) is 16.9. The molecular weight excluding hydrogens is 460 g/mol. The molecule has 34 heavy (non-hydrogen) atoms. The highest BCUT2D eigenvalue weighted by Crippen LogP contribution is 2.38. The Bertz CT molecular complexity index is 1330. The number of phenolic OH excluding ortho intramolecular Hbond substituents is 3. The zero-order valence-electron chi connectivity index (χ0n) is 16.9. The number of carbonyl (C=O) groups is 1. The summed E-state index contributed by atoms with van der Waals surface area (Å²) < 4.78 is 15.9. The lowest BCUT2D eigenvalue weighted by molar-refractivity contribution is -0.271. The maximum Gasteiger partial charge on any atom is 0.335 e. The smallest absolute Gasteiger partial charge is 0.335 e. The van der Waals surface area contributed by atoms with Gasteiger partial charge in [-0.05, 0) is 18.2 Å². The third-order valence-electron chi connectivity index (χ3n) is 5.23. The summed E-state index contributed by atoms with van der Waals surface area (Å²) in [5.41, 5.74) is -1.35. The van der Waals surface area contributed by atoms with Crippen LogP contribution in [-0.4, -0.2) is 77.5 Å². The number of carboxylic acids is 1. The average Bonchev–Trinajstić information content (AvgIpc) is 2.78. The molecule has 1 aromatic heterocycles. The lowest BCUT2D eigenvalue weighted by Gasteiger charge is -2.38. The third kappa shape index (κ3) is 3.82. The number of hydrogen-bond acceptors (Lipinski definition) is 12. The predicted octanol–water partition coefficient (Wildman–Crippen LogP) is -0.447. The summed E-state index contributed by atoms with van der Waals surface area (Å²) in [7, 11) is 0. The molecule has 1 aliphatic rings. The molecule has 0 saturated carbocycles. The Morgan fingerprint density at radius 1 is 0.882 bits per heavy atom. The Labute approximate surface area is 188 Å². The minimum Gasteiger partial charge on any atom is -0.507 e. The van der Waals surface area contributed by atoms with Gasteiger partial charge in [0.25, 0.3) is 0 Å². The van der Waals surface area contributed by atoms with Gasteiger partial charge in [-0.1, -0.05) is 0 Å². The van der Waals surface area contributed by atoms with E-state index in [4.69, 9.17) is 19.0 Å². The second-order valence-electron chi connectivity index (χ2n) is 7.48. The van der Waals surface area contributed by atoms with Gasteiger partial charge in [0.1, 0.15) is 40.8 Å². The first kappa shape index (κ1) is 23.1. The van der Waals surface area contributed by atoms with E-state index in [0.29, 0.717) is 0 Å². The van der Waals surface area contributed by atoms with E-state index in [2.05, 4.69) is 0 Å². The first-order valence-electron chi connectivity index (χ1n) is 9.64. The van der Waals surface area contributed by atoms with Crippen LogP contribution in [0.3, 0.4) is 0 Å². The number of rotatable bonds is 4. The molecule has 8 N–H and O–H groups in total. The number of ether oxygens (including phenoxy) is 2. The molecule has 3 aromatic rings. The van der Waals surface area contributed by atoms with E-state index in [1.54, 1.807) is 0 Å². The van der Waals surface area contributed by atoms with Crippen LogP contribution in [0.15, 0.2) is 39.5 Å². The molecule has 5 atom stereocenters. The van der Waals surface area contributed by atoms with Crippen molar-refractivity contribution in [1.29, 1.82) is 0 Å². The SMILES string of the molecule is O=C(O)C1OC(Oc2cc(O)c3c(=O)c(O)c(-c4ccc(O)c(O)c4)oc3c2)C(O)C(O)C1O. The van der Waals surface area contributed by atoms with E-state index >= 15 is 0 Å². The van der Waals surface area contributed by atoms with Gasteiger partial charge in [-0.25, -0.2) is 4.79 Å². The van der Waals surface area contributed by atoms with Crippen LogP contribution in [0.4, 0.5) is 0 Å². The van der Waals surface area contributed by atoms with E-state index in [0.717, 1.165) is 24.3 Å². The molecule has 0 radical (unpaired) electrons. The van der Waals surface area contributed by atoms with Gasteiger partial charge in [-0.15, -0.1) is 0 Å². The fourth-order valence-corrected chi connectivity index (χ4v) is 3.48. The van der Waals surface area contributed by atoms with Gasteiger partial charge >= 0.3 is 5.97 Å². The maximum absolute atomic E-state index is 12.6. The van der Waals surface area contributed by atoms with E-state index in [-0.39, 0.29) is 16.9 Å². The second kappa shape index (κ2) is 8.39. The Kier molecular flexibility index (Phi) is 5.70. The summed E-state index contributed by atoms with van der Waals surface area (Å²) in [6.07, 6.45) is -9.49. The van der Waals surface area contributed by atoms with Gasteiger partial charge in [0.15, 0.2) is 23.4 Å². The number of aliphatic carboxylic acids is 1. The van der Waals surface area contributed by atoms with Crippen LogP contribution in [0.25, 0.3) is 22.3 Å². The van der Waals surface area contributed by atoms with Crippen LogP contribution < -0.4 is 10.2 Å². The molecule has 180 valence electrons. The standard InChI is InChI=1S/C21H18O13/c22-8-2-1-6(3-9(8)23)18-15(27)13(25)12-10(24)4-7(5-11(12)33-18)32-21-17(29)14(26)16(28)19(34-21)20(30)31/h1-5,14,16-17,19,21-24,26-29H,(H,30,31). The molecule has 1 aliphatic heterocycles. The average molecular weight is 478 g/mol. The Morgan fingerprint density at radius 2 is 1.59 bits per heavy atom. The quantitative estimate of drug-likeness (QED) is 0.223. The van der Waals surface area contributed by atoms with Crippen molar-refractivity contribution in [2.24, 2.45) is 0 Å². The molecule has 0 spiro atoms. The van der Waals surface area contributed by atoms with Crippen molar-refractivity contribution in [3.8, 4) is 40.1 Å². The summed E-state index contributed by atoms with van der Waals surface area (Å²) in [6.45, 7) is 0. The van der Waals surface area contributed by atoms with Gasteiger partial charge < -0.3 is 54.7 Å². The van der Waals surface area contributed by atoms with Crippen molar-refractivity contribution >= 4 is 16.9 Å². The molecule has 0 amide bonds. The lowest BCUT2D eigenvalue weighted by Crippen LogP contribution is -2.61. The molecule has 0 aliphatic carbocycles. The zero-order chi connectivity index (χ0) is 24.9. The van der Waals surface area contributed by atoms with Crippen LogP contribution in [0.1, 0.15) is 0 Å². The molecule has 5 unspecified atom stereocenters. The molecule has 1 saturated heterocycles. The highest BCUT2D eigenvalue weighted by Gasteiger charge is 2.48. The Morgan fingerprint density at radius 3 is 2.24 bits per heavy atom. The Hall–Kier alpha value is -4.04. The number of aliphatic hydroxyl groups is 3. The van der Waals surface area contributed by atoms with Crippen molar-refractivity contribution in [3.05, 3.63) is 40.6 Å². The van der Waals surface area contributed by atoms with Crippen LogP contribution in [-0.2, 0) is 9.53 Å². The van der Waals surface area contributed by atoms with Crippen LogP contribution >= 0.6 is 0 Å². The molecule has 0 bridgehead atoms. The normalized spacial score (nSPS) is 24.7. The first-order valence-corrected chi connectivity index (χ1v) is 9.64. The largest absolute Gasteiger partial charge is 0.507 e. The molecule has 4 rings (SSSR count). The molecule has 2 aromatic carbocycles. The number of aromatic hydroxyl groups is 4. The third-order valence-corrected chi connectivity index (χ3v) is 5.23. The fraction of sp³-hybridized carbons (Fsp3) is 0.238. The van der Waals surface area contributed by atoms with Gasteiger partial charge in [0.2, 0.25) is 17.5 Å². The summed E-state index contributed by atoms with van der Waals surface area (Å²) >= 11 is 0. The summed E-state index contributed by atoms with van der Waals surface area (Å²) in [5.74, 6) is -4.96. The number of phenols is 3. The molecule has 13 heteroatoms. The van der Waals surface area contributed by atoms with Crippen LogP contribution in [0.5, 0.6) is 28.7 Å². The van der Waals surface area contributed by atoms with Gasteiger partial charge in [0.05, 0.1) is 0 Å². The summed E-state index contributed by atoms with van der Waals surface area (Å²) in [4.78, 5) is 23.9. The molecule has 1 fully saturated rings. The van der Waals surface area contributed by atoms with Gasteiger partial charge in [-0.2, -0.15) is 0 Å². The molecule has 13 nitrogen and oxygen atoms in total. The minimum atomic E-state index is -1.94. The summed E-state index contributed by atoms with van der Waals surface area (Å²) in [6, 6.07) is 5.30. The van der Waals surface area contributed by atoms with Crippen LogP contribution in [0, 0.1) is 0 Å². The highest BCUT2D eigenvalue weighted by molar-refractivity contribution is 5.88. The summed E-state index contributed by atoms with van der Waals surface area (Å²) in [5, 5.41) is 78.2. The number of fused-ring (bicyclic) bond motifs is 1. The maximum atomic E-state index is 12.6. The van der Waals surface area contributed by atoms with E-state index in [1.165, 1.54) is 6.07 Å². The minimum absolute atomic E-state index is 0.00468. The second-order valence-corrected chi connectivity index (χ2v) is 7.48. The highest BCUT2D eigenvalue weighted by atomic mass is 16.7. The Balaban J connectivity index is 1.77. The molecular formula is C21H18O13. The van der Waals surface area contributed by atoms with Crippen molar-refractivity contribution < 1.29 is 59.5 Å². The van der Waals surface area contributed by atoms with Crippen molar-refractivity contribution in [2.75, 3.05) is 0 Å². The van der Waals surface area contributed by atoms with Crippen LogP contribution in [0.2, 0.25) is 0 Å². The number of hydrogen-bond donors (Lipinski definition) is 8. The lowest BCUT2D eigenvalue weighted by atomic mass is 9.99. The van der Waals surface area contributed by atoms with E-state index < -0.39 is 76.2 Å². The number of aliphatic hydroxyl groups excluding tert-OH is 3. The monoisotopic (exact) mass is 478 g/mol. The fourth-order valence-electron chi connectivity index (χ4n) is 3.48. The van der Waals surface area contributed by atoms with Crippen molar-refractivity contribution in [2.45, 2.75) is 30.7 Å². The van der Waals surface area contributed by atoms with Gasteiger partial charge in [0, 0.05) is 17.7 Å². The predicted molar refractivity (Wildman–Crippen MR) is 110 cm³/mol. The number of benzene rings is 2. The van der Waals surface area contributed by atoms with E-state index in [1.807, 2.05) is 0 Å². The number of carboxylic acid groups (broad SMARTS) is 1. The van der Waals surface area contributed by atoms with E-state index in [9.17, 15) is 45.3 Å². The first-order chi connectivity index (χ1) is 16.0. The molecule has 2 heterocycles. The van der Waals surface area contributed by atoms with Crippen molar-refractivity contribution in [1.82, 2.24) is 0 Å². The van der Waals surface area contributed by atoms with Crippen molar-refractivity contribution in [3.63, 3.8) is 0 Å².